The van der Waals surface area contributed by atoms with Crippen LogP contribution in [-0.2, 0) is 12.8 Å². The van der Waals surface area contributed by atoms with E-state index in [9.17, 15) is 0 Å². The summed E-state index contributed by atoms with van der Waals surface area (Å²) in [6.45, 7) is 12.0. The van der Waals surface area contributed by atoms with Crippen molar-refractivity contribution in [2.75, 3.05) is 26.7 Å². The summed E-state index contributed by atoms with van der Waals surface area (Å²) in [5, 5.41) is 3.53. The van der Waals surface area contributed by atoms with Crippen molar-refractivity contribution in [2.45, 2.75) is 46.1 Å². The Kier molecular flexibility index (Phi) is 5.72. The number of nitrogens with one attached hydrogen (secondary N) is 1. The van der Waals surface area contributed by atoms with E-state index >= 15 is 0 Å². The molecule has 0 amide bonds. The molecule has 0 bridgehead atoms. The first-order valence-electron chi connectivity index (χ1n) is 8.58. The molecule has 0 saturated carbocycles. The third kappa shape index (κ3) is 3.37. The molecule has 1 aromatic rings. The lowest BCUT2D eigenvalue weighted by Crippen LogP contribution is -2.72. The van der Waals surface area contributed by atoms with Crippen molar-refractivity contribution in [3.05, 3.63) is 29.3 Å². The van der Waals surface area contributed by atoms with E-state index in [1.165, 1.54) is 11.1 Å². The Labute approximate surface area is 163 Å². The zero-order valence-corrected chi connectivity index (χ0v) is 17.8. The molecule has 1 N–H and O–H groups in total. The van der Waals surface area contributed by atoms with Crippen LogP contribution in [0.5, 0.6) is 5.75 Å². The van der Waals surface area contributed by atoms with Crippen LogP contribution in [0, 0.1) is 5.41 Å². The SMILES string of the molecule is CN=C(NCCc1ccc2c(c1)CCO2)N1CC(C)(C)C1(C)C.I. The second-order valence-corrected chi connectivity index (χ2v) is 7.79. The highest BCUT2D eigenvalue weighted by molar-refractivity contribution is 14.0. The lowest BCUT2D eigenvalue weighted by Gasteiger charge is -2.62. The summed E-state index contributed by atoms with van der Waals surface area (Å²) in [6, 6.07) is 6.56. The van der Waals surface area contributed by atoms with Crippen molar-refractivity contribution in [2.24, 2.45) is 10.4 Å². The summed E-state index contributed by atoms with van der Waals surface area (Å²) >= 11 is 0. The van der Waals surface area contributed by atoms with Gasteiger partial charge in [-0.3, -0.25) is 4.99 Å². The maximum Gasteiger partial charge on any atom is 0.194 e. The van der Waals surface area contributed by atoms with Crippen LogP contribution in [0.4, 0.5) is 0 Å². The molecule has 2 aliphatic heterocycles. The summed E-state index contributed by atoms with van der Waals surface area (Å²) < 4.78 is 5.57. The van der Waals surface area contributed by atoms with Gasteiger partial charge in [-0.1, -0.05) is 26.0 Å². The number of nitrogens with zero attached hydrogens (tertiary/aromatic N) is 2. The van der Waals surface area contributed by atoms with E-state index in [-0.39, 0.29) is 29.5 Å². The van der Waals surface area contributed by atoms with Crippen molar-refractivity contribution in [1.29, 1.82) is 0 Å². The Bertz CT molecular complexity index is 625. The molecule has 0 aliphatic carbocycles. The van der Waals surface area contributed by atoms with Crippen LogP contribution < -0.4 is 10.1 Å². The summed E-state index contributed by atoms with van der Waals surface area (Å²) in [5.74, 6) is 2.07. The molecule has 1 aromatic carbocycles. The van der Waals surface area contributed by atoms with Crippen LogP contribution in [0.1, 0.15) is 38.8 Å². The minimum absolute atomic E-state index is 0. The molecule has 4 nitrogen and oxygen atoms in total. The van der Waals surface area contributed by atoms with Crippen LogP contribution in [-0.4, -0.2) is 43.1 Å². The monoisotopic (exact) mass is 443 g/mol. The van der Waals surface area contributed by atoms with Gasteiger partial charge in [0.05, 0.1) is 6.61 Å². The number of fused-ring (bicyclic) bond motifs is 1. The van der Waals surface area contributed by atoms with Crippen molar-refractivity contribution in [3.8, 4) is 5.75 Å². The summed E-state index contributed by atoms with van der Waals surface area (Å²) in [5.41, 5.74) is 3.17. The molecule has 0 aromatic heterocycles. The lowest BCUT2D eigenvalue weighted by molar-refractivity contribution is -0.0666. The summed E-state index contributed by atoms with van der Waals surface area (Å²) in [6.07, 6.45) is 2.04. The van der Waals surface area contributed by atoms with Gasteiger partial charge in [-0.2, -0.15) is 0 Å². The predicted octanol–water partition coefficient (Wildman–Crippen LogP) is 3.48. The smallest absolute Gasteiger partial charge is 0.194 e. The van der Waals surface area contributed by atoms with E-state index in [0.717, 1.165) is 44.2 Å². The van der Waals surface area contributed by atoms with Crippen LogP contribution in [0.3, 0.4) is 0 Å². The molecule has 134 valence electrons. The van der Waals surface area contributed by atoms with E-state index < -0.39 is 0 Å². The maximum absolute atomic E-state index is 5.57. The first-order chi connectivity index (χ1) is 10.8. The van der Waals surface area contributed by atoms with Crippen LogP contribution in [0.15, 0.2) is 23.2 Å². The van der Waals surface area contributed by atoms with Crippen molar-refractivity contribution in [3.63, 3.8) is 0 Å². The first-order valence-corrected chi connectivity index (χ1v) is 8.58. The largest absolute Gasteiger partial charge is 0.493 e. The summed E-state index contributed by atoms with van der Waals surface area (Å²) in [7, 11) is 1.87. The number of rotatable bonds is 3. The number of hydrogen-bond acceptors (Lipinski definition) is 2. The third-order valence-electron chi connectivity index (χ3n) is 5.80. The highest BCUT2D eigenvalue weighted by Crippen LogP contribution is 2.46. The van der Waals surface area contributed by atoms with Gasteiger partial charge in [0.25, 0.3) is 0 Å². The minimum Gasteiger partial charge on any atom is -0.493 e. The zero-order valence-electron chi connectivity index (χ0n) is 15.5. The molecule has 24 heavy (non-hydrogen) atoms. The molecular formula is C19H30IN3O. The van der Waals surface area contributed by atoms with E-state index in [1.807, 2.05) is 7.05 Å². The highest BCUT2D eigenvalue weighted by Gasteiger charge is 2.53. The van der Waals surface area contributed by atoms with E-state index in [0.29, 0.717) is 5.41 Å². The molecule has 2 heterocycles. The van der Waals surface area contributed by atoms with Crippen molar-refractivity contribution < 1.29 is 4.74 Å². The Hall–Kier alpha value is -0.980. The Morgan fingerprint density at radius 3 is 2.67 bits per heavy atom. The molecule has 0 atom stereocenters. The van der Waals surface area contributed by atoms with Crippen LogP contribution >= 0.6 is 24.0 Å². The van der Waals surface area contributed by atoms with Gasteiger partial charge in [0, 0.05) is 37.5 Å². The molecule has 0 spiro atoms. The second-order valence-electron chi connectivity index (χ2n) is 7.79. The number of likely N-dealkylation sites (tertiary alicyclic amines) is 1. The van der Waals surface area contributed by atoms with E-state index in [2.05, 4.69) is 61.1 Å². The topological polar surface area (TPSA) is 36.9 Å². The average Bonchev–Trinajstić information content (AvgIpc) is 2.97. The van der Waals surface area contributed by atoms with Gasteiger partial charge in [0.2, 0.25) is 0 Å². The molecule has 1 fully saturated rings. The van der Waals surface area contributed by atoms with Gasteiger partial charge in [-0.05, 0) is 37.5 Å². The summed E-state index contributed by atoms with van der Waals surface area (Å²) in [4.78, 5) is 6.85. The fourth-order valence-electron chi connectivity index (χ4n) is 3.41. The standard InChI is InChI=1S/C19H29N3O.HI/c1-18(2)13-22(19(18,3)4)17(20-5)21-10-8-14-6-7-16-15(12-14)9-11-23-16;/h6-7,12H,8-11,13H2,1-5H3,(H,20,21);1H. The quantitative estimate of drug-likeness (QED) is 0.442. The van der Waals surface area contributed by atoms with Crippen LogP contribution in [0.2, 0.25) is 0 Å². The van der Waals surface area contributed by atoms with Crippen LogP contribution in [0.25, 0.3) is 0 Å². The normalized spacial score (nSPS) is 20.5. The highest BCUT2D eigenvalue weighted by atomic mass is 127. The lowest BCUT2D eigenvalue weighted by atomic mass is 9.65. The molecule has 0 unspecified atom stereocenters. The fourth-order valence-corrected chi connectivity index (χ4v) is 3.41. The number of hydrogen-bond donors (Lipinski definition) is 1. The molecule has 3 rings (SSSR count). The van der Waals surface area contributed by atoms with Gasteiger partial charge in [-0.25, -0.2) is 0 Å². The number of halogens is 1. The minimum atomic E-state index is 0. The van der Waals surface area contributed by atoms with Gasteiger partial charge >= 0.3 is 0 Å². The van der Waals surface area contributed by atoms with E-state index in [4.69, 9.17) is 4.74 Å². The zero-order chi connectivity index (χ0) is 16.7. The molecular weight excluding hydrogens is 413 g/mol. The van der Waals surface area contributed by atoms with Gasteiger partial charge in [0.1, 0.15) is 5.75 Å². The second kappa shape index (κ2) is 7.10. The predicted molar refractivity (Wildman–Crippen MR) is 111 cm³/mol. The number of ether oxygens (including phenoxy) is 1. The molecule has 2 aliphatic rings. The van der Waals surface area contributed by atoms with E-state index in [1.54, 1.807) is 0 Å². The molecule has 1 saturated heterocycles. The Balaban J connectivity index is 0.00000208. The third-order valence-corrected chi connectivity index (χ3v) is 5.80. The number of aliphatic imine (C=N–C) groups is 1. The number of benzene rings is 1. The molecule has 0 radical (unpaired) electrons. The number of guanidine groups is 1. The average molecular weight is 443 g/mol. The van der Waals surface area contributed by atoms with Crippen molar-refractivity contribution >= 4 is 29.9 Å². The Morgan fingerprint density at radius 1 is 1.29 bits per heavy atom. The van der Waals surface area contributed by atoms with Crippen molar-refractivity contribution in [1.82, 2.24) is 10.2 Å². The van der Waals surface area contributed by atoms with Gasteiger partial charge < -0.3 is 15.0 Å². The Morgan fingerprint density at radius 2 is 2.04 bits per heavy atom. The first kappa shape index (κ1) is 19.3. The van der Waals surface area contributed by atoms with Gasteiger partial charge in [-0.15, -0.1) is 24.0 Å². The van der Waals surface area contributed by atoms with Gasteiger partial charge in [0.15, 0.2) is 5.96 Å². The molecule has 5 heteroatoms. The fraction of sp³-hybridized carbons (Fsp3) is 0.632. The maximum atomic E-state index is 5.57.